The Labute approximate surface area is 125 Å². The first-order chi connectivity index (χ1) is 9.08. The van der Waals surface area contributed by atoms with E-state index < -0.39 is 0 Å². The number of anilines is 1. The lowest BCUT2D eigenvalue weighted by Crippen LogP contribution is -2.28. The summed E-state index contributed by atoms with van der Waals surface area (Å²) in [5.74, 6) is 0.0113. The van der Waals surface area contributed by atoms with E-state index >= 15 is 0 Å². The minimum absolute atomic E-state index is 0.0113. The zero-order valence-corrected chi connectivity index (χ0v) is 13.0. The summed E-state index contributed by atoms with van der Waals surface area (Å²) in [5.41, 5.74) is 7.00. The van der Waals surface area contributed by atoms with Crippen molar-refractivity contribution in [2.45, 2.75) is 6.42 Å². The maximum Gasteiger partial charge on any atom is 0.253 e. The predicted octanol–water partition coefficient (Wildman–Crippen LogP) is 3.41. The summed E-state index contributed by atoms with van der Waals surface area (Å²) in [6, 6.07) is 9.37. The Hall–Kier alpha value is -1.33. The average Bonchev–Trinajstić information content (AvgIpc) is 2.91. The van der Waals surface area contributed by atoms with E-state index in [0.717, 1.165) is 10.9 Å². The zero-order valence-electron chi connectivity index (χ0n) is 10.6. The molecule has 1 heterocycles. The van der Waals surface area contributed by atoms with Gasteiger partial charge >= 0.3 is 0 Å². The van der Waals surface area contributed by atoms with Gasteiger partial charge < -0.3 is 10.6 Å². The van der Waals surface area contributed by atoms with Gasteiger partial charge in [0.05, 0.1) is 0 Å². The molecule has 2 aromatic rings. The van der Waals surface area contributed by atoms with Crippen molar-refractivity contribution < 1.29 is 4.79 Å². The third-order valence-corrected chi connectivity index (χ3v) is 4.49. The summed E-state index contributed by atoms with van der Waals surface area (Å²) in [4.78, 5) is 15.3. The van der Waals surface area contributed by atoms with Crippen molar-refractivity contribution in [2.24, 2.45) is 0 Å². The van der Waals surface area contributed by atoms with Gasteiger partial charge in [-0.05, 0) is 52.0 Å². The largest absolute Gasteiger partial charge is 0.398 e. The SMILES string of the molecule is CN(CCc1cccs1)C(=O)c1ccc(N)c(Br)c1. The van der Waals surface area contributed by atoms with Crippen LogP contribution in [0.3, 0.4) is 0 Å². The van der Waals surface area contributed by atoms with E-state index in [1.807, 2.05) is 18.5 Å². The van der Waals surface area contributed by atoms with Crippen LogP contribution in [-0.4, -0.2) is 24.4 Å². The second kappa shape index (κ2) is 6.21. The van der Waals surface area contributed by atoms with Gasteiger partial charge in [0.15, 0.2) is 0 Å². The number of carbonyl (C=O) groups is 1. The minimum atomic E-state index is 0.0113. The molecule has 0 fully saturated rings. The second-order valence-corrected chi connectivity index (χ2v) is 6.18. The monoisotopic (exact) mass is 338 g/mol. The molecule has 0 saturated heterocycles. The standard InChI is InChI=1S/C14H15BrN2OS/c1-17(7-6-11-3-2-8-19-11)14(18)10-4-5-13(16)12(15)9-10/h2-5,8-9H,6-7,16H2,1H3. The number of amides is 1. The van der Waals surface area contributed by atoms with Crippen molar-refractivity contribution in [1.29, 1.82) is 0 Å². The Morgan fingerprint density at radius 3 is 2.84 bits per heavy atom. The van der Waals surface area contributed by atoms with Gasteiger partial charge in [-0.1, -0.05) is 6.07 Å². The molecule has 0 bridgehead atoms. The lowest BCUT2D eigenvalue weighted by molar-refractivity contribution is 0.0797. The number of rotatable bonds is 4. The maximum absolute atomic E-state index is 12.2. The van der Waals surface area contributed by atoms with Gasteiger partial charge in [-0.25, -0.2) is 0 Å². The quantitative estimate of drug-likeness (QED) is 0.868. The van der Waals surface area contributed by atoms with Gasteiger partial charge in [0.25, 0.3) is 5.91 Å². The number of likely N-dealkylation sites (N-methyl/N-ethyl adjacent to an activating group) is 1. The molecule has 1 aromatic heterocycles. The van der Waals surface area contributed by atoms with Crippen molar-refractivity contribution in [3.63, 3.8) is 0 Å². The number of halogens is 1. The van der Waals surface area contributed by atoms with Gasteiger partial charge in [0.1, 0.15) is 0 Å². The fourth-order valence-corrected chi connectivity index (χ4v) is 2.79. The average molecular weight is 339 g/mol. The van der Waals surface area contributed by atoms with Crippen LogP contribution in [0.25, 0.3) is 0 Å². The molecule has 5 heteroatoms. The highest BCUT2D eigenvalue weighted by molar-refractivity contribution is 9.10. The summed E-state index contributed by atoms with van der Waals surface area (Å²) in [6.45, 7) is 0.710. The van der Waals surface area contributed by atoms with E-state index in [9.17, 15) is 4.79 Å². The molecule has 0 aliphatic carbocycles. The maximum atomic E-state index is 12.2. The third kappa shape index (κ3) is 3.58. The minimum Gasteiger partial charge on any atom is -0.398 e. The Kier molecular flexibility index (Phi) is 4.61. The highest BCUT2D eigenvalue weighted by atomic mass is 79.9. The molecule has 2 N–H and O–H groups in total. The van der Waals surface area contributed by atoms with Crippen LogP contribution in [0.1, 0.15) is 15.2 Å². The van der Waals surface area contributed by atoms with Crippen LogP contribution < -0.4 is 5.73 Å². The number of nitrogen functional groups attached to an aromatic ring is 1. The van der Waals surface area contributed by atoms with Gasteiger partial charge in [0, 0.05) is 34.2 Å². The normalized spacial score (nSPS) is 10.4. The van der Waals surface area contributed by atoms with E-state index in [1.165, 1.54) is 4.88 Å². The molecule has 0 radical (unpaired) electrons. The van der Waals surface area contributed by atoms with E-state index in [4.69, 9.17) is 5.73 Å². The zero-order chi connectivity index (χ0) is 13.8. The smallest absolute Gasteiger partial charge is 0.253 e. The van der Waals surface area contributed by atoms with E-state index in [0.29, 0.717) is 17.8 Å². The van der Waals surface area contributed by atoms with Gasteiger partial charge in [-0.2, -0.15) is 0 Å². The van der Waals surface area contributed by atoms with Crippen molar-refractivity contribution in [3.8, 4) is 0 Å². The van der Waals surface area contributed by atoms with E-state index in [-0.39, 0.29) is 5.91 Å². The predicted molar refractivity (Wildman–Crippen MR) is 83.5 cm³/mol. The second-order valence-electron chi connectivity index (χ2n) is 4.29. The molecule has 1 amide bonds. The molecule has 0 spiro atoms. The summed E-state index contributed by atoms with van der Waals surface area (Å²) in [5, 5.41) is 2.05. The molecular formula is C14H15BrN2OS. The topological polar surface area (TPSA) is 46.3 Å². The third-order valence-electron chi connectivity index (χ3n) is 2.87. The van der Waals surface area contributed by atoms with E-state index in [1.54, 1.807) is 34.4 Å². The number of benzene rings is 1. The number of carbonyl (C=O) groups excluding carboxylic acids is 1. The van der Waals surface area contributed by atoms with Crippen LogP contribution in [0.4, 0.5) is 5.69 Å². The first-order valence-corrected chi connectivity index (χ1v) is 7.58. The van der Waals surface area contributed by atoms with Crippen LogP contribution >= 0.6 is 27.3 Å². The summed E-state index contributed by atoms with van der Waals surface area (Å²) in [6.07, 6.45) is 0.885. The van der Waals surface area contributed by atoms with Gasteiger partial charge in [-0.15, -0.1) is 11.3 Å². The Bertz CT molecular complexity index is 569. The molecule has 19 heavy (non-hydrogen) atoms. The number of thiophene rings is 1. The Morgan fingerprint density at radius 1 is 1.42 bits per heavy atom. The summed E-state index contributed by atoms with van der Waals surface area (Å²) in [7, 11) is 1.82. The molecule has 3 nitrogen and oxygen atoms in total. The van der Waals surface area contributed by atoms with Gasteiger partial charge in [0.2, 0.25) is 0 Å². The molecule has 0 aliphatic heterocycles. The summed E-state index contributed by atoms with van der Waals surface area (Å²) < 4.78 is 0.755. The fourth-order valence-electron chi connectivity index (χ4n) is 1.71. The molecule has 2 rings (SSSR count). The van der Waals surface area contributed by atoms with Crippen molar-refractivity contribution in [3.05, 3.63) is 50.6 Å². The van der Waals surface area contributed by atoms with Crippen LogP contribution in [0.2, 0.25) is 0 Å². The number of hydrogen-bond donors (Lipinski definition) is 1. The van der Waals surface area contributed by atoms with Crippen LogP contribution in [-0.2, 0) is 6.42 Å². The van der Waals surface area contributed by atoms with Crippen molar-refractivity contribution in [1.82, 2.24) is 4.90 Å². The van der Waals surface area contributed by atoms with E-state index in [2.05, 4.69) is 22.0 Å². The highest BCUT2D eigenvalue weighted by Gasteiger charge is 2.12. The number of nitrogens with zero attached hydrogens (tertiary/aromatic N) is 1. The van der Waals surface area contributed by atoms with Crippen molar-refractivity contribution in [2.75, 3.05) is 19.3 Å². The summed E-state index contributed by atoms with van der Waals surface area (Å²) >= 11 is 5.05. The molecule has 0 aliphatic rings. The first kappa shape index (κ1) is 14.1. The molecule has 0 unspecified atom stereocenters. The number of nitrogens with two attached hydrogens (primary N) is 1. The molecule has 1 aromatic carbocycles. The fraction of sp³-hybridized carbons (Fsp3) is 0.214. The molecule has 100 valence electrons. The number of hydrogen-bond acceptors (Lipinski definition) is 3. The first-order valence-electron chi connectivity index (χ1n) is 5.91. The Morgan fingerprint density at radius 2 is 2.21 bits per heavy atom. The van der Waals surface area contributed by atoms with Crippen LogP contribution in [0.5, 0.6) is 0 Å². The molecule has 0 saturated carbocycles. The van der Waals surface area contributed by atoms with Gasteiger partial charge in [-0.3, -0.25) is 4.79 Å². The van der Waals surface area contributed by atoms with Crippen molar-refractivity contribution >= 4 is 38.9 Å². The molecular weight excluding hydrogens is 324 g/mol. The lowest BCUT2D eigenvalue weighted by Gasteiger charge is -2.17. The highest BCUT2D eigenvalue weighted by Crippen LogP contribution is 2.21. The molecule has 0 atom stereocenters. The van der Waals surface area contributed by atoms with Crippen LogP contribution in [0.15, 0.2) is 40.2 Å². The Balaban J connectivity index is 2.00. The lowest BCUT2D eigenvalue weighted by atomic mass is 10.2. The van der Waals surface area contributed by atoms with Crippen LogP contribution in [0, 0.1) is 0 Å².